The molecule has 6 rings (SSSR count). The summed E-state index contributed by atoms with van der Waals surface area (Å²) in [4.78, 5) is 53.5. The van der Waals surface area contributed by atoms with E-state index in [-0.39, 0.29) is 37.0 Å². The lowest BCUT2D eigenvalue weighted by molar-refractivity contribution is -0.141. The van der Waals surface area contributed by atoms with Gasteiger partial charge in [0.1, 0.15) is 5.75 Å². The molecule has 1 saturated carbocycles. The minimum atomic E-state index is -1.92. The Hall–Kier alpha value is -2.20. The number of aromatic hydroxyl groups is 1. The SMILES string of the molecule is CN1C(=O)C2(Cl)CC3C(=CCC4C(=O)N(Cc5cccs5)C(=O)C43)C(c3cc(Br)ccc3O)C2(Cl)C1=O. The van der Waals surface area contributed by atoms with E-state index in [1.54, 1.807) is 12.1 Å². The second kappa shape index (κ2) is 8.40. The molecule has 1 aromatic carbocycles. The molecule has 2 aliphatic heterocycles. The van der Waals surface area contributed by atoms with E-state index in [9.17, 15) is 24.3 Å². The number of carbonyl (C=O) groups excluding carboxylic acids is 4. The van der Waals surface area contributed by atoms with E-state index in [1.807, 2.05) is 23.6 Å². The molecule has 37 heavy (non-hydrogen) atoms. The van der Waals surface area contributed by atoms with Crippen LogP contribution in [0.2, 0.25) is 0 Å². The van der Waals surface area contributed by atoms with Gasteiger partial charge in [0.25, 0.3) is 11.8 Å². The molecule has 6 atom stereocenters. The fourth-order valence-electron chi connectivity index (χ4n) is 6.63. The van der Waals surface area contributed by atoms with Crippen molar-refractivity contribution in [3.8, 4) is 5.75 Å². The fourth-order valence-corrected chi connectivity index (χ4v) is 8.71. The van der Waals surface area contributed by atoms with E-state index < -0.39 is 45.2 Å². The summed E-state index contributed by atoms with van der Waals surface area (Å²) in [5.74, 6) is -4.92. The number of fused-ring (bicyclic) bond motifs is 4. The second-order valence-corrected chi connectivity index (χ2v) is 13.2. The summed E-state index contributed by atoms with van der Waals surface area (Å²) >= 11 is 19.1. The monoisotopic (exact) mass is 622 g/mol. The van der Waals surface area contributed by atoms with Gasteiger partial charge in [-0.05, 0) is 48.4 Å². The van der Waals surface area contributed by atoms with Crippen molar-refractivity contribution < 1.29 is 24.3 Å². The lowest BCUT2D eigenvalue weighted by Crippen LogP contribution is -2.60. The zero-order chi connectivity index (χ0) is 26.4. The molecule has 3 heterocycles. The number of allylic oxidation sites excluding steroid dienone is 2. The normalized spacial score (nSPS) is 35.0. The molecular formula is C26H21BrCl2N2O5S. The lowest BCUT2D eigenvalue weighted by Gasteiger charge is -2.50. The van der Waals surface area contributed by atoms with Gasteiger partial charge in [-0.3, -0.25) is 29.0 Å². The van der Waals surface area contributed by atoms with Crippen molar-refractivity contribution >= 4 is 74.1 Å². The highest BCUT2D eigenvalue weighted by atomic mass is 79.9. The van der Waals surface area contributed by atoms with Crippen molar-refractivity contribution in [2.45, 2.75) is 35.1 Å². The summed E-state index contributed by atoms with van der Waals surface area (Å²) in [6.07, 6.45) is 2.07. The third-order valence-corrected chi connectivity index (χ3v) is 11.1. The number of hydrogen-bond acceptors (Lipinski definition) is 6. The van der Waals surface area contributed by atoms with Crippen LogP contribution in [0.4, 0.5) is 0 Å². The van der Waals surface area contributed by atoms with Gasteiger partial charge in [-0.2, -0.15) is 0 Å². The first-order valence-electron chi connectivity index (χ1n) is 11.8. The fraction of sp³-hybridized carbons (Fsp3) is 0.385. The molecule has 4 aliphatic rings. The van der Waals surface area contributed by atoms with Crippen LogP contribution in [0.3, 0.4) is 0 Å². The number of likely N-dealkylation sites (tertiary alicyclic amines) is 2. The number of alkyl halides is 2. The third kappa shape index (κ3) is 3.23. The van der Waals surface area contributed by atoms with Gasteiger partial charge in [0.2, 0.25) is 11.8 Å². The highest BCUT2D eigenvalue weighted by Gasteiger charge is 2.76. The van der Waals surface area contributed by atoms with Crippen LogP contribution < -0.4 is 0 Å². The summed E-state index contributed by atoms with van der Waals surface area (Å²) in [7, 11) is 1.34. The van der Waals surface area contributed by atoms with Gasteiger partial charge in [-0.25, -0.2) is 0 Å². The summed E-state index contributed by atoms with van der Waals surface area (Å²) < 4.78 is 0.636. The molecule has 11 heteroatoms. The van der Waals surface area contributed by atoms with E-state index in [1.165, 1.54) is 29.4 Å². The maximum Gasteiger partial charge on any atom is 0.253 e. The van der Waals surface area contributed by atoms with Crippen molar-refractivity contribution in [1.82, 2.24) is 9.80 Å². The first kappa shape index (κ1) is 25.1. The Labute approximate surface area is 235 Å². The number of rotatable bonds is 3. The van der Waals surface area contributed by atoms with Gasteiger partial charge in [0.15, 0.2) is 9.75 Å². The average molecular weight is 624 g/mol. The predicted octanol–water partition coefficient (Wildman–Crippen LogP) is 4.41. The number of phenols is 1. The van der Waals surface area contributed by atoms with Gasteiger partial charge >= 0.3 is 0 Å². The summed E-state index contributed by atoms with van der Waals surface area (Å²) in [5, 5.41) is 12.8. The largest absolute Gasteiger partial charge is 0.508 e. The van der Waals surface area contributed by atoms with Crippen molar-refractivity contribution in [2.24, 2.45) is 17.8 Å². The van der Waals surface area contributed by atoms with E-state index in [2.05, 4.69) is 15.9 Å². The molecule has 192 valence electrons. The zero-order valence-corrected chi connectivity index (χ0v) is 23.4. The first-order valence-corrected chi connectivity index (χ1v) is 14.2. The van der Waals surface area contributed by atoms with Crippen LogP contribution in [-0.2, 0) is 25.7 Å². The molecule has 0 radical (unpaired) electrons. The van der Waals surface area contributed by atoms with E-state index in [0.29, 0.717) is 15.6 Å². The number of amides is 4. The summed E-state index contributed by atoms with van der Waals surface area (Å²) in [5.41, 5.74) is 0.976. The molecule has 2 saturated heterocycles. The van der Waals surface area contributed by atoms with Crippen LogP contribution in [-0.4, -0.2) is 55.3 Å². The minimum absolute atomic E-state index is 0.0723. The molecule has 3 fully saturated rings. The van der Waals surface area contributed by atoms with E-state index in [4.69, 9.17) is 23.2 Å². The topological polar surface area (TPSA) is 95.0 Å². The highest BCUT2D eigenvalue weighted by Crippen LogP contribution is 2.66. The molecule has 6 unspecified atom stereocenters. The van der Waals surface area contributed by atoms with E-state index >= 15 is 0 Å². The molecule has 1 aromatic heterocycles. The number of benzene rings is 1. The Morgan fingerprint density at radius 1 is 1.11 bits per heavy atom. The van der Waals surface area contributed by atoms with Gasteiger partial charge in [-0.15, -0.1) is 34.5 Å². The third-order valence-electron chi connectivity index (χ3n) is 8.30. The quantitative estimate of drug-likeness (QED) is 0.311. The maximum atomic E-state index is 13.8. The van der Waals surface area contributed by atoms with Crippen LogP contribution in [0.25, 0.3) is 0 Å². The Morgan fingerprint density at radius 3 is 2.57 bits per heavy atom. The Bertz CT molecular complexity index is 1410. The average Bonchev–Trinajstić information content (AvgIpc) is 3.50. The maximum absolute atomic E-state index is 13.8. The number of thiophene rings is 1. The standard InChI is InChI=1S/C26H21BrCl2N2O5S/c1-30-23(35)25(28)10-17-14(20(26(25,29)24(30)36)16-9-12(27)4-7-18(16)32)5-6-15-19(17)22(34)31(21(15)33)11-13-3-2-8-37-13/h2-5,7-9,15,17,19-20,32H,6,10-11H2,1H3. The van der Waals surface area contributed by atoms with Gasteiger partial charge in [0, 0.05) is 27.9 Å². The molecular weight excluding hydrogens is 603 g/mol. The lowest BCUT2D eigenvalue weighted by atomic mass is 9.56. The van der Waals surface area contributed by atoms with Crippen LogP contribution in [0.5, 0.6) is 5.75 Å². The molecule has 7 nitrogen and oxygen atoms in total. The number of phenolic OH excluding ortho intramolecular Hbond substituents is 1. The smallest absolute Gasteiger partial charge is 0.253 e. The molecule has 2 aromatic rings. The number of carbonyl (C=O) groups is 4. The van der Waals surface area contributed by atoms with Crippen molar-refractivity contribution in [3.63, 3.8) is 0 Å². The Balaban J connectivity index is 1.51. The Morgan fingerprint density at radius 2 is 1.86 bits per heavy atom. The van der Waals surface area contributed by atoms with Crippen molar-refractivity contribution in [2.75, 3.05) is 7.05 Å². The van der Waals surface area contributed by atoms with Crippen molar-refractivity contribution in [3.05, 3.63) is 62.3 Å². The first-order chi connectivity index (χ1) is 17.5. The van der Waals surface area contributed by atoms with Gasteiger partial charge < -0.3 is 5.11 Å². The van der Waals surface area contributed by atoms with Crippen LogP contribution in [0.1, 0.15) is 29.2 Å². The van der Waals surface area contributed by atoms with Crippen LogP contribution in [0.15, 0.2) is 51.8 Å². The molecule has 0 bridgehead atoms. The summed E-state index contributed by atoms with van der Waals surface area (Å²) in [6, 6.07) is 8.51. The second-order valence-electron chi connectivity index (χ2n) is 10.0. The minimum Gasteiger partial charge on any atom is -0.508 e. The van der Waals surface area contributed by atoms with Crippen molar-refractivity contribution in [1.29, 1.82) is 0 Å². The van der Waals surface area contributed by atoms with E-state index in [0.717, 1.165) is 9.78 Å². The predicted molar refractivity (Wildman–Crippen MR) is 141 cm³/mol. The number of hydrogen-bond donors (Lipinski definition) is 1. The molecule has 0 spiro atoms. The van der Waals surface area contributed by atoms with Gasteiger partial charge in [0.05, 0.1) is 18.4 Å². The molecule has 2 aliphatic carbocycles. The number of halogens is 3. The Kier molecular flexibility index (Phi) is 5.70. The number of nitrogens with zero attached hydrogens (tertiary/aromatic N) is 2. The number of imide groups is 2. The molecule has 1 N–H and O–H groups in total. The molecule has 4 amide bonds. The van der Waals surface area contributed by atoms with Gasteiger partial charge in [-0.1, -0.05) is 33.6 Å². The summed E-state index contributed by atoms with van der Waals surface area (Å²) in [6.45, 7) is 0.186. The highest BCUT2D eigenvalue weighted by molar-refractivity contribution is 9.10. The zero-order valence-electron chi connectivity index (χ0n) is 19.5. The van der Waals surface area contributed by atoms with Crippen LogP contribution in [0, 0.1) is 17.8 Å². The van der Waals surface area contributed by atoms with Crippen LogP contribution >= 0.6 is 50.5 Å².